The van der Waals surface area contributed by atoms with Gasteiger partial charge in [-0.1, -0.05) is 22.0 Å². The van der Waals surface area contributed by atoms with Crippen molar-refractivity contribution in [3.63, 3.8) is 0 Å². The first-order valence-electron chi connectivity index (χ1n) is 5.64. The maximum atomic E-state index is 12.1. The number of carbonyl (C=O) groups excluding carboxylic acids is 1. The first kappa shape index (κ1) is 13.4. The summed E-state index contributed by atoms with van der Waals surface area (Å²) in [5.74, 6) is 1.41. The van der Waals surface area contributed by atoms with Crippen LogP contribution in [0.15, 0.2) is 22.7 Å². The summed E-state index contributed by atoms with van der Waals surface area (Å²) in [5.41, 5.74) is 0.969. The van der Waals surface area contributed by atoms with E-state index < -0.39 is 5.54 Å². The molecule has 0 spiro atoms. The average Bonchev–Trinajstić information content (AvgIpc) is 2.82. The summed E-state index contributed by atoms with van der Waals surface area (Å²) in [6.45, 7) is 1.97. The second-order valence-corrected chi connectivity index (χ2v) is 6.37. The highest BCUT2D eigenvalue weighted by molar-refractivity contribution is 9.10. The molecule has 0 bridgehead atoms. The lowest BCUT2D eigenvalue weighted by atomic mass is 10.0. The normalized spacial score (nSPS) is 22.5. The molecular weight excluding hydrogens is 312 g/mol. The van der Waals surface area contributed by atoms with E-state index in [2.05, 4.69) is 27.3 Å². The molecule has 2 rings (SSSR count). The van der Waals surface area contributed by atoms with Crippen LogP contribution in [0.2, 0.25) is 0 Å². The maximum Gasteiger partial charge on any atom is 0.252 e. The number of nitrogens with one attached hydrogen (secondary N) is 1. The molecule has 1 N–H and O–H groups in total. The van der Waals surface area contributed by atoms with Crippen molar-refractivity contribution in [1.82, 2.24) is 5.32 Å². The van der Waals surface area contributed by atoms with E-state index >= 15 is 0 Å². The Balaban J connectivity index is 2.17. The van der Waals surface area contributed by atoms with E-state index in [1.807, 2.05) is 13.0 Å². The van der Waals surface area contributed by atoms with Crippen molar-refractivity contribution in [2.75, 3.05) is 11.5 Å². The monoisotopic (exact) mass is 324 g/mol. The summed E-state index contributed by atoms with van der Waals surface area (Å²) in [4.78, 5) is 12.1. The topological polar surface area (TPSA) is 52.9 Å². The third-order valence-electron chi connectivity index (χ3n) is 3.02. The van der Waals surface area contributed by atoms with Crippen LogP contribution in [-0.2, 0) is 0 Å². The summed E-state index contributed by atoms with van der Waals surface area (Å²) < 4.78 is 0.905. The first-order valence-corrected chi connectivity index (χ1v) is 7.59. The summed E-state index contributed by atoms with van der Waals surface area (Å²) in [7, 11) is 0. The minimum absolute atomic E-state index is 0.181. The number of hydrogen-bond acceptors (Lipinski definition) is 3. The van der Waals surface area contributed by atoms with E-state index in [-0.39, 0.29) is 5.91 Å². The molecule has 1 heterocycles. The van der Waals surface area contributed by atoms with Gasteiger partial charge in [-0.3, -0.25) is 4.79 Å². The minimum atomic E-state index is -0.695. The van der Waals surface area contributed by atoms with Gasteiger partial charge in [0.05, 0.1) is 6.07 Å². The predicted octanol–water partition coefficient (Wildman–Crippen LogP) is 2.89. The smallest absolute Gasteiger partial charge is 0.252 e. The van der Waals surface area contributed by atoms with Crippen molar-refractivity contribution in [3.05, 3.63) is 33.8 Å². The fourth-order valence-electron chi connectivity index (χ4n) is 1.80. The summed E-state index contributed by atoms with van der Waals surface area (Å²) >= 11 is 5.11. The molecule has 94 valence electrons. The van der Waals surface area contributed by atoms with Crippen LogP contribution in [0.3, 0.4) is 0 Å². The molecule has 0 saturated carbocycles. The van der Waals surface area contributed by atoms with Gasteiger partial charge in [-0.25, -0.2) is 0 Å². The van der Waals surface area contributed by atoms with Crippen LogP contribution in [0, 0.1) is 18.3 Å². The van der Waals surface area contributed by atoms with Gasteiger partial charge in [0, 0.05) is 15.8 Å². The molecule has 1 aliphatic heterocycles. The highest BCUT2D eigenvalue weighted by Gasteiger charge is 2.36. The highest BCUT2D eigenvalue weighted by atomic mass is 79.9. The van der Waals surface area contributed by atoms with Crippen LogP contribution in [0.4, 0.5) is 0 Å². The zero-order chi connectivity index (χ0) is 13.2. The molecule has 1 unspecified atom stereocenters. The summed E-state index contributed by atoms with van der Waals surface area (Å²) in [6, 6.07) is 7.70. The number of rotatable bonds is 2. The lowest BCUT2D eigenvalue weighted by Crippen LogP contribution is -2.47. The van der Waals surface area contributed by atoms with Crippen molar-refractivity contribution in [3.8, 4) is 6.07 Å². The molecule has 1 aromatic carbocycles. The first-order chi connectivity index (χ1) is 8.56. The van der Waals surface area contributed by atoms with Crippen molar-refractivity contribution in [1.29, 1.82) is 5.26 Å². The molecule has 0 radical (unpaired) electrons. The Kier molecular flexibility index (Phi) is 3.98. The Hall–Kier alpha value is -0.990. The molecule has 1 aromatic rings. The van der Waals surface area contributed by atoms with Gasteiger partial charge in [0.1, 0.15) is 5.54 Å². The van der Waals surface area contributed by atoms with Crippen molar-refractivity contribution in [2.45, 2.75) is 18.9 Å². The number of benzene rings is 1. The zero-order valence-electron chi connectivity index (χ0n) is 10.00. The van der Waals surface area contributed by atoms with Crippen LogP contribution in [-0.4, -0.2) is 23.0 Å². The molecule has 0 aromatic heterocycles. The SMILES string of the molecule is Cc1ccc(C(=O)NC2(C#N)CCSC2)cc1Br. The summed E-state index contributed by atoms with van der Waals surface area (Å²) in [6.07, 6.45) is 0.715. The molecule has 1 fully saturated rings. The van der Waals surface area contributed by atoms with E-state index in [0.29, 0.717) is 17.7 Å². The molecule has 5 heteroatoms. The molecule has 1 saturated heterocycles. The second-order valence-electron chi connectivity index (χ2n) is 4.41. The van der Waals surface area contributed by atoms with E-state index in [0.717, 1.165) is 15.8 Å². The quantitative estimate of drug-likeness (QED) is 0.910. The lowest BCUT2D eigenvalue weighted by Gasteiger charge is -2.21. The number of amides is 1. The van der Waals surface area contributed by atoms with Crippen LogP contribution < -0.4 is 5.32 Å². The Morgan fingerprint density at radius 1 is 1.61 bits per heavy atom. The highest BCUT2D eigenvalue weighted by Crippen LogP contribution is 2.28. The van der Waals surface area contributed by atoms with Crippen molar-refractivity contribution in [2.24, 2.45) is 0 Å². The van der Waals surface area contributed by atoms with Crippen LogP contribution in [0.5, 0.6) is 0 Å². The number of aryl methyl sites for hydroxylation is 1. The Labute approximate surface area is 119 Å². The molecular formula is C13H13BrN2OS. The number of halogens is 1. The van der Waals surface area contributed by atoms with E-state index in [1.54, 1.807) is 23.9 Å². The Bertz CT molecular complexity index is 518. The van der Waals surface area contributed by atoms with E-state index in [4.69, 9.17) is 0 Å². The van der Waals surface area contributed by atoms with Crippen LogP contribution in [0.1, 0.15) is 22.3 Å². The van der Waals surface area contributed by atoms with Gasteiger partial charge in [-0.15, -0.1) is 0 Å². The Morgan fingerprint density at radius 3 is 2.94 bits per heavy atom. The van der Waals surface area contributed by atoms with Crippen molar-refractivity contribution < 1.29 is 4.79 Å². The lowest BCUT2D eigenvalue weighted by molar-refractivity contribution is 0.0926. The minimum Gasteiger partial charge on any atom is -0.333 e. The van der Waals surface area contributed by atoms with Gasteiger partial charge in [-0.2, -0.15) is 17.0 Å². The van der Waals surface area contributed by atoms with Gasteiger partial charge in [0.25, 0.3) is 5.91 Å². The fraction of sp³-hybridized carbons (Fsp3) is 0.385. The zero-order valence-corrected chi connectivity index (χ0v) is 12.4. The van der Waals surface area contributed by atoms with E-state index in [1.165, 1.54) is 0 Å². The standard InChI is InChI=1S/C13H13BrN2OS/c1-9-2-3-10(6-11(9)14)12(17)16-13(7-15)4-5-18-8-13/h2-3,6H,4-5,8H2,1H3,(H,16,17). The largest absolute Gasteiger partial charge is 0.333 e. The van der Waals surface area contributed by atoms with E-state index in [9.17, 15) is 10.1 Å². The van der Waals surface area contributed by atoms with Gasteiger partial charge in [0.2, 0.25) is 0 Å². The van der Waals surface area contributed by atoms with Crippen LogP contribution in [0.25, 0.3) is 0 Å². The number of thioether (sulfide) groups is 1. The summed E-state index contributed by atoms with van der Waals surface area (Å²) in [5, 5.41) is 12.1. The molecule has 18 heavy (non-hydrogen) atoms. The van der Waals surface area contributed by atoms with Gasteiger partial charge in [-0.05, 0) is 36.8 Å². The Morgan fingerprint density at radius 2 is 2.39 bits per heavy atom. The number of carbonyl (C=O) groups is 1. The third-order valence-corrected chi connectivity index (χ3v) is 5.07. The molecule has 1 atom stereocenters. The maximum absolute atomic E-state index is 12.1. The number of nitrogens with zero attached hydrogens (tertiary/aromatic N) is 1. The molecule has 1 amide bonds. The van der Waals surface area contributed by atoms with Gasteiger partial charge < -0.3 is 5.32 Å². The fourth-order valence-corrected chi connectivity index (χ4v) is 3.45. The van der Waals surface area contributed by atoms with Gasteiger partial charge >= 0.3 is 0 Å². The number of hydrogen-bond donors (Lipinski definition) is 1. The average molecular weight is 325 g/mol. The molecule has 3 nitrogen and oxygen atoms in total. The number of nitriles is 1. The molecule has 1 aliphatic rings. The molecule has 0 aliphatic carbocycles. The van der Waals surface area contributed by atoms with Gasteiger partial charge in [0.15, 0.2) is 0 Å². The predicted molar refractivity (Wildman–Crippen MR) is 76.6 cm³/mol. The third kappa shape index (κ3) is 2.70. The van der Waals surface area contributed by atoms with Crippen LogP contribution >= 0.6 is 27.7 Å². The van der Waals surface area contributed by atoms with Crippen molar-refractivity contribution >= 4 is 33.6 Å². The second kappa shape index (κ2) is 5.33.